The first kappa shape index (κ1) is 22.6. The van der Waals surface area contributed by atoms with Gasteiger partial charge in [-0.2, -0.15) is 10.1 Å². The van der Waals surface area contributed by atoms with Crippen molar-refractivity contribution in [1.82, 2.24) is 4.98 Å². The van der Waals surface area contributed by atoms with E-state index in [-0.39, 0.29) is 17.3 Å². The van der Waals surface area contributed by atoms with Gasteiger partial charge in [0.1, 0.15) is 0 Å². The highest BCUT2D eigenvalue weighted by Gasteiger charge is 2.20. The van der Waals surface area contributed by atoms with Crippen molar-refractivity contribution in [2.24, 2.45) is 5.10 Å². The quantitative estimate of drug-likeness (QED) is 0.108. The molecule has 4 rings (SSSR count). The number of hydrazone groups is 1. The second kappa shape index (κ2) is 10.3. The number of nitro groups is 1. The highest BCUT2D eigenvalue weighted by atomic mass is 79.9. The Bertz CT molecular complexity index is 1290. The van der Waals surface area contributed by atoms with E-state index in [1.807, 2.05) is 48.5 Å². The Labute approximate surface area is 204 Å². The average Bonchev–Trinajstić information content (AvgIpc) is 3.41. The molecule has 7 nitrogen and oxygen atoms in total. The number of carbonyl (C=O) groups is 1. The summed E-state index contributed by atoms with van der Waals surface area (Å²) in [5.41, 5.74) is 0.770. The first-order valence-corrected chi connectivity index (χ1v) is 12.8. The van der Waals surface area contributed by atoms with Crippen LogP contribution in [0.3, 0.4) is 0 Å². The molecule has 0 radical (unpaired) electrons. The van der Waals surface area contributed by atoms with E-state index in [4.69, 9.17) is 0 Å². The van der Waals surface area contributed by atoms with Gasteiger partial charge in [-0.15, -0.1) is 11.8 Å². The molecule has 162 valence electrons. The van der Waals surface area contributed by atoms with Crippen LogP contribution in [0.5, 0.6) is 0 Å². The Morgan fingerprint density at radius 2 is 2.00 bits per heavy atom. The molecule has 2 heterocycles. The minimum absolute atomic E-state index is 0.0217. The van der Waals surface area contributed by atoms with E-state index in [1.165, 1.54) is 28.6 Å². The van der Waals surface area contributed by atoms with Crippen LogP contribution in [0.1, 0.15) is 11.3 Å². The van der Waals surface area contributed by atoms with Crippen molar-refractivity contribution in [1.29, 1.82) is 0 Å². The summed E-state index contributed by atoms with van der Waals surface area (Å²) in [6, 6.07) is 18.6. The van der Waals surface area contributed by atoms with E-state index in [9.17, 15) is 14.9 Å². The van der Waals surface area contributed by atoms with Gasteiger partial charge in [-0.05, 0) is 36.4 Å². The number of hydrogen-bond donors (Lipinski definition) is 0. The number of thiazole rings is 1. The highest BCUT2D eigenvalue weighted by Crippen LogP contribution is 2.32. The third kappa shape index (κ3) is 5.60. The fourth-order valence-corrected chi connectivity index (χ4v) is 5.74. The van der Waals surface area contributed by atoms with E-state index in [0.29, 0.717) is 15.8 Å². The molecule has 0 fully saturated rings. The molecule has 0 unspecified atom stereocenters. The first-order valence-electron chi connectivity index (χ1n) is 9.35. The second-order valence-corrected chi connectivity index (χ2v) is 10.6. The summed E-state index contributed by atoms with van der Waals surface area (Å²) in [6.45, 7) is 0. The predicted octanol–water partition coefficient (Wildman–Crippen LogP) is 6.58. The van der Waals surface area contributed by atoms with Crippen molar-refractivity contribution in [2.45, 2.75) is 11.3 Å². The monoisotopic (exact) mass is 546 g/mol. The molecule has 0 N–H and O–H groups in total. The Morgan fingerprint density at radius 1 is 1.19 bits per heavy atom. The summed E-state index contributed by atoms with van der Waals surface area (Å²) < 4.78 is 1.85. The zero-order valence-electron chi connectivity index (χ0n) is 16.4. The van der Waals surface area contributed by atoms with Gasteiger partial charge in [0, 0.05) is 27.6 Å². The summed E-state index contributed by atoms with van der Waals surface area (Å²) >= 11 is 7.41. The third-order valence-corrected chi connectivity index (χ3v) is 7.65. The van der Waals surface area contributed by atoms with Crippen molar-refractivity contribution >= 4 is 82.8 Å². The maximum atomic E-state index is 13.1. The molecule has 0 saturated carbocycles. The number of benzene rings is 2. The van der Waals surface area contributed by atoms with Gasteiger partial charge in [0.05, 0.1) is 26.2 Å². The normalized spacial score (nSPS) is 11.3. The van der Waals surface area contributed by atoms with Crippen LogP contribution in [-0.2, 0) is 4.79 Å². The molecular formula is C21H15BrN4O3S3. The van der Waals surface area contributed by atoms with Gasteiger partial charge >= 0.3 is 5.00 Å². The number of anilines is 1. The fourth-order valence-electron chi connectivity index (χ4n) is 2.70. The zero-order chi connectivity index (χ0) is 22.5. The molecule has 0 aliphatic rings. The summed E-state index contributed by atoms with van der Waals surface area (Å²) in [5, 5.41) is 17.1. The summed E-state index contributed by atoms with van der Waals surface area (Å²) in [7, 11) is 0. The van der Waals surface area contributed by atoms with Gasteiger partial charge in [-0.25, -0.2) is 4.98 Å². The minimum atomic E-state index is -0.447. The number of carbonyl (C=O) groups excluding carboxylic acids is 1. The molecule has 1 amide bonds. The maximum Gasteiger partial charge on any atom is 0.324 e. The van der Waals surface area contributed by atoms with Crippen LogP contribution in [-0.4, -0.2) is 27.8 Å². The van der Waals surface area contributed by atoms with Gasteiger partial charge < -0.3 is 0 Å². The average molecular weight is 547 g/mol. The molecular weight excluding hydrogens is 532 g/mol. The van der Waals surface area contributed by atoms with E-state index in [1.54, 1.807) is 17.8 Å². The molecule has 4 aromatic rings. The van der Waals surface area contributed by atoms with Crippen LogP contribution in [0.15, 0.2) is 75.1 Å². The van der Waals surface area contributed by atoms with Crippen LogP contribution >= 0.6 is 50.4 Å². The summed E-state index contributed by atoms with van der Waals surface area (Å²) in [5.74, 6) is 0.393. The molecule has 32 heavy (non-hydrogen) atoms. The number of rotatable bonds is 8. The first-order chi connectivity index (χ1) is 15.5. The SMILES string of the molecule is O=C(CCSc1ccccc1)N(/N=C/c1ccc([N+](=O)[O-])s1)c1nc2ccc(Br)cc2s1. The topological polar surface area (TPSA) is 88.7 Å². The van der Waals surface area contributed by atoms with E-state index >= 15 is 0 Å². The third-order valence-electron chi connectivity index (χ3n) is 4.18. The van der Waals surface area contributed by atoms with E-state index in [0.717, 1.165) is 30.9 Å². The number of thioether (sulfide) groups is 1. The van der Waals surface area contributed by atoms with Crippen molar-refractivity contribution in [3.05, 3.63) is 80.1 Å². The Hall–Kier alpha value is -2.60. The maximum absolute atomic E-state index is 13.1. The molecule has 2 aromatic carbocycles. The Morgan fingerprint density at radius 3 is 2.75 bits per heavy atom. The van der Waals surface area contributed by atoms with Crippen molar-refractivity contribution in [3.63, 3.8) is 0 Å². The molecule has 11 heteroatoms. The Balaban J connectivity index is 1.56. The predicted molar refractivity (Wildman–Crippen MR) is 135 cm³/mol. The Kier molecular flexibility index (Phi) is 7.30. The minimum Gasteiger partial charge on any atom is -0.272 e. The van der Waals surface area contributed by atoms with Gasteiger partial charge in [0.2, 0.25) is 11.0 Å². The lowest BCUT2D eigenvalue weighted by atomic mass is 10.3. The van der Waals surface area contributed by atoms with Crippen LogP contribution < -0.4 is 5.01 Å². The highest BCUT2D eigenvalue weighted by molar-refractivity contribution is 9.10. The number of hydrogen-bond acceptors (Lipinski definition) is 8. The lowest BCUT2D eigenvalue weighted by molar-refractivity contribution is -0.380. The van der Waals surface area contributed by atoms with Crippen molar-refractivity contribution in [2.75, 3.05) is 10.8 Å². The molecule has 0 aliphatic heterocycles. The van der Waals surface area contributed by atoms with Gasteiger partial charge in [0.15, 0.2) is 0 Å². The summed E-state index contributed by atoms with van der Waals surface area (Å²) in [6.07, 6.45) is 1.73. The summed E-state index contributed by atoms with van der Waals surface area (Å²) in [4.78, 5) is 29.8. The van der Waals surface area contributed by atoms with Crippen molar-refractivity contribution < 1.29 is 9.72 Å². The fraction of sp³-hybridized carbons (Fsp3) is 0.0952. The second-order valence-electron chi connectivity index (χ2n) is 6.40. The van der Waals surface area contributed by atoms with E-state index in [2.05, 4.69) is 26.0 Å². The van der Waals surface area contributed by atoms with Crippen LogP contribution in [0.4, 0.5) is 10.1 Å². The van der Waals surface area contributed by atoms with Gasteiger partial charge in [-0.1, -0.05) is 56.8 Å². The number of halogens is 1. The lowest BCUT2D eigenvalue weighted by Crippen LogP contribution is -2.25. The van der Waals surface area contributed by atoms with Crippen molar-refractivity contribution in [3.8, 4) is 0 Å². The molecule has 0 atom stereocenters. The molecule has 0 spiro atoms. The molecule has 0 aliphatic carbocycles. The number of aromatic nitrogens is 1. The molecule has 0 saturated heterocycles. The van der Waals surface area contributed by atoms with Crippen LogP contribution in [0.2, 0.25) is 0 Å². The number of thiophene rings is 1. The van der Waals surface area contributed by atoms with Crippen LogP contribution in [0.25, 0.3) is 10.2 Å². The van der Waals surface area contributed by atoms with E-state index < -0.39 is 4.92 Å². The number of nitrogens with zero attached hydrogens (tertiary/aromatic N) is 4. The largest absolute Gasteiger partial charge is 0.324 e. The number of fused-ring (bicyclic) bond motifs is 1. The lowest BCUT2D eigenvalue weighted by Gasteiger charge is -2.13. The zero-order valence-corrected chi connectivity index (χ0v) is 20.4. The standard InChI is InChI=1S/C21H15BrN4O3S3/c22-14-6-8-17-18(12-14)32-21(24-17)25(23-13-16-7-9-20(31-16)26(28)29)19(27)10-11-30-15-4-2-1-3-5-15/h1-9,12-13H,10-11H2/b23-13+. The number of amides is 1. The molecule has 0 bridgehead atoms. The van der Waals surface area contributed by atoms with Gasteiger partial charge in [-0.3, -0.25) is 14.9 Å². The molecule has 2 aromatic heterocycles. The van der Waals surface area contributed by atoms with Crippen LogP contribution in [0, 0.1) is 10.1 Å². The smallest absolute Gasteiger partial charge is 0.272 e. The van der Waals surface area contributed by atoms with Gasteiger partial charge in [0.25, 0.3) is 0 Å².